The van der Waals surface area contributed by atoms with Crippen molar-refractivity contribution in [3.05, 3.63) is 35.6 Å². The quantitative estimate of drug-likeness (QED) is 0.336. The number of benzene rings is 1. The van der Waals surface area contributed by atoms with Crippen LogP contribution in [0.1, 0.15) is 36.0 Å². The fourth-order valence-corrected chi connectivity index (χ4v) is 2.44. The first-order valence-corrected chi connectivity index (χ1v) is 6.13. The first-order valence-electron chi connectivity index (χ1n) is 6.13. The van der Waals surface area contributed by atoms with E-state index in [4.69, 9.17) is 10.9 Å². The van der Waals surface area contributed by atoms with Gasteiger partial charge in [-0.2, -0.15) is 0 Å². The van der Waals surface area contributed by atoms with Crippen LogP contribution in [0, 0.1) is 5.82 Å². The molecule has 1 amide bonds. The Balaban J connectivity index is 2.21. The number of amidine groups is 1. The van der Waals surface area contributed by atoms with Crippen molar-refractivity contribution in [1.29, 1.82) is 0 Å². The number of oxime groups is 1. The molecule has 0 heterocycles. The number of amides is 1. The van der Waals surface area contributed by atoms with Gasteiger partial charge in [0, 0.05) is 5.56 Å². The molecule has 5 nitrogen and oxygen atoms in total. The van der Waals surface area contributed by atoms with Gasteiger partial charge in [-0.15, -0.1) is 0 Å². The van der Waals surface area contributed by atoms with Gasteiger partial charge < -0.3 is 16.3 Å². The lowest BCUT2D eigenvalue weighted by Crippen LogP contribution is -2.55. The van der Waals surface area contributed by atoms with E-state index in [1.165, 1.54) is 18.2 Å². The average Bonchev–Trinajstić information content (AvgIpc) is 2.87. The van der Waals surface area contributed by atoms with E-state index in [-0.39, 0.29) is 11.4 Å². The summed E-state index contributed by atoms with van der Waals surface area (Å²) in [4.78, 5) is 12.1. The molecule has 0 spiro atoms. The predicted octanol–water partition coefficient (Wildman–Crippen LogP) is 1.61. The van der Waals surface area contributed by atoms with Crippen molar-refractivity contribution in [2.24, 2.45) is 10.9 Å². The van der Waals surface area contributed by atoms with E-state index in [2.05, 4.69) is 10.5 Å². The molecule has 0 atom stereocenters. The molecule has 1 saturated carbocycles. The van der Waals surface area contributed by atoms with Crippen LogP contribution < -0.4 is 11.1 Å². The molecule has 1 aliphatic rings. The van der Waals surface area contributed by atoms with E-state index in [0.717, 1.165) is 18.9 Å². The maximum Gasteiger partial charge on any atom is 0.252 e. The van der Waals surface area contributed by atoms with Crippen molar-refractivity contribution in [3.8, 4) is 0 Å². The van der Waals surface area contributed by atoms with Crippen molar-refractivity contribution < 1.29 is 14.4 Å². The Hall–Kier alpha value is -2.11. The lowest BCUT2D eigenvalue weighted by Gasteiger charge is -2.28. The molecule has 1 aliphatic carbocycles. The van der Waals surface area contributed by atoms with Crippen LogP contribution in [-0.4, -0.2) is 22.5 Å². The summed E-state index contributed by atoms with van der Waals surface area (Å²) in [6.45, 7) is 0. The Morgan fingerprint density at radius 3 is 2.68 bits per heavy atom. The third kappa shape index (κ3) is 2.67. The number of nitrogens with one attached hydrogen (secondary N) is 1. The third-order valence-electron chi connectivity index (χ3n) is 3.49. The number of hydrogen-bond acceptors (Lipinski definition) is 3. The molecule has 6 heteroatoms. The summed E-state index contributed by atoms with van der Waals surface area (Å²) in [7, 11) is 0. The zero-order valence-electron chi connectivity index (χ0n) is 10.4. The Kier molecular flexibility index (Phi) is 3.69. The van der Waals surface area contributed by atoms with E-state index in [1.54, 1.807) is 0 Å². The van der Waals surface area contributed by atoms with Gasteiger partial charge in [0.15, 0.2) is 5.84 Å². The second-order valence-corrected chi connectivity index (χ2v) is 4.74. The summed E-state index contributed by atoms with van der Waals surface area (Å²) in [6, 6.07) is 5.42. The molecule has 0 unspecified atom stereocenters. The molecule has 2 rings (SSSR count). The van der Waals surface area contributed by atoms with E-state index in [1.807, 2.05) is 0 Å². The van der Waals surface area contributed by atoms with Crippen LogP contribution in [0.15, 0.2) is 29.4 Å². The Morgan fingerprint density at radius 2 is 2.11 bits per heavy atom. The number of rotatable bonds is 3. The number of carbonyl (C=O) groups is 1. The largest absolute Gasteiger partial charge is 0.409 e. The second kappa shape index (κ2) is 5.26. The summed E-state index contributed by atoms with van der Waals surface area (Å²) in [6.07, 6.45) is 3.01. The van der Waals surface area contributed by atoms with E-state index < -0.39 is 17.3 Å². The number of hydrogen-bond donors (Lipinski definition) is 3. The molecule has 1 aromatic carbocycles. The predicted molar refractivity (Wildman–Crippen MR) is 68.5 cm³/mol. The van der Waals surface area contributed by atoms with Crippen LogP contribution >= 0.6 is 0 Å². The Morgan fingerprint density at radius 1 is 1.42 bits per heavy atom. The van der Waals surface area contributed by atoms with Crippen LogP contribution in [0.25, 0.3) is 0 Å². The average molecular weight is 265 g/mol. The lowest BCUT2D eigenvalue weighted by molar-refractivity contribution is 0.0922. The van der Waals surface area contributed by atoms with Crippen LogP contribution in [0.5, 0.6) is 0 Å². The van der Waals surface area contributed by atoms with Crippen molar-refractivity contribution >= 4 is 11.7 Å². The monoisotopic (exact) mass is 265 g/mol. The molecule has 0 saturated heterocycles. The molecule has 0 radical (unpaired) electrons. The van der Waals surface area contributed by atoms with E-state index in [0.29, 0.717) is 12.8 Å². The fraction of sp³-hybridized carbons (Fsp3) is 0.385. The highest BCUT2D eigenvalue weighted by Gasteiger charge is 2.39. The molecular weight excluding hydrogens is 249 g/mol. The molecule has 102 valence electrons. The van der Waals surface area contributed by atoms with Gasteiger partial charge in [-0.1, -0.05) is 24.1 Å². The molecule has 19 heavy (non-hydrogen) atoms. The van der Waals surface area contributed by atoms with Crippen LogP contribution in [-0.2, 0) is 0 Å². The van der Waals surface area contributed by atoms with E-state index >= 15 is 0 Å². The van der Waals surface area contributed by atoms with Gasteiger partial charge in [-0.3, -0.25) is 4.79 Å². The van der Waals surface area contributed by atoms with Crippen LogP contribution in [0.2, 0.25) is 0 Å². The molecule has 0 aliphatic heterocycles. The molecule has 1 fully saturated rings. The number of halogens is 1. The minimum Gasteiger partial charge on any atom is -0.409 e. The minimum absolute atomic E-state index is 0.00486. The van der Waals surface area contributed by atoms with Gasteiger partial charge in [0.25, 0.3) is 5.91 Å². The van der Waals surface area contributed by atoms with Crippen molar-refractivity contribution in [1.82, 2.24) is 5.32 Å². The normalized spacial score (nSPS) is 18.3. The number of carbonyl (C=O) groups excluding carboxylic acids is 1. The van der Waals surface area contributed by atoms with Gasteiger partial charge in [0.1, 0.15) is 11.4 Å². The maximum absolute atomic E-state index is 13.1. The van der Waals surface area contributed by atoms with E-state index in [9.17, 15) is 9.18 Å². The third-order valence-corrected chi connectivity index (χ3v) is 3.49. The summed E-state index contributed by atoms with van der Waals surface area (Å²) in [5, 5.41) is 14.6. The molecular formula is C13H16FN3O2. The molecule has 0 bridgehead atoms. The van der Waals surface area contributed by atoms with Crippen molar-refractivity contribution in [2.75, 3.05) is 0 Å². The smallest absolute Gasteiger partial charge is 0.252 e. The highest BCUT2D eigenvalue weighted by Crippen LogP contribution is 2.30. The highest BCUT2D eigenvalue weighted by atomic mass is 19.1. The zero-order chi connectivity index (χ0) is 13.9. The molecule has 0 aromatic heterocycles. The Labute approximate surface area is 110 Å². The minimum atomic E-state index is -0.821. The fourth-order valence-electron chi connectivity index (χ4n) is 2.44. The Bertz CT molecular complexity index is 510. The lowest BCUT2D eigenvalue weighted by atomic mass is 9.95. The van der Waals surface area contributed by atoms with Gasteiger partial charge >= 0.3 is 0 Å². The zero-order valence-corrected chi connectivity index (χ0v) is 10.4. The topological polar surface area (TPSA) is 87.7 Å². The number of nitrogens with two attached hydrogens (primary N) is 1. The van der Waals surface area contributed by atoms with Gasteiger partial charge in [-0.05, 0) is 31.0 Å². The van der Waals surface area contributed by atoms with Crippen molar-refractivity contribution in [2.45, 2.75) is 31.2 Å². The summed E-state index contributed by atoms with van der Waals surface area (Å²) < 4.78 is 13.1. The standard InChI is InChI=1S/C13H16FN3O2/c14-10-5-3-4-9(8-10)11(18)16-13(12(15)17-19)6-1-2-7-13/h3-5,8,19H,1-2,6-7H2,(H2,15,17)(H,16,18). The summed E-state index contributed by atoms with van der Waals surface area (Å²) in [5.41, 5.74) is 5.08. The first kappa shape index (κ1) is 13.3. The van der Waals surface area contributed by atoms with Crippen LogP contribution in [0.4, 0.5) is 4.39 Å². The maximum atomic E-state index is 13.1. The number of nitrogens with zero attached hydrogens (tertiary/aromatic N) is 1. The summed E-state index contributed by atoms with van der Waals surface area (Å²) >= 11 is 0. The first-order chi connectivity index (χ1) is 9.07. The van der Waals surface area contributed by atoms with Gasteiger partial charge in [-0.25, -0.2) is 4.39 Å². The highest BCUT2D eigenvalue weighted by molar-refractivity contribution is 6.00. The van der Waals surface area contributed by atoms with Crippen molar-refractivity contribution in [3.63, 3.8) is 0 Å². The van der Waals surface area contributed by atoms with Crippen LogP contribution in [0.3, 0.4) is 0 Å². The molecule has 4 N–H and O–H groups in total. The molecule has 1 aromatic rings. The van der Waals surface area contributed by atoms with Gasteiger partial charge in [0.2, 0.25) is 0 Å². The second-order valence-electron chi connectivity index (χ2n) is 4.74. The summed E-state index contributed by atoms with van der Waals surface area (Å²) in [5.74, 6) is -0.903. The van der Waals surface area contributed by atoms with Gasteiger partial charge in [0.05, 0.1) is 0 Å². The SMILES string of the molecule is N/C(=N/O)C1(NC(=O)c2cccc(F)c2)CCCC1.